The predicted octanol–water partition coefficient (Wildman–Crippen LogP) is 8.69. The van der Waals surface area contributed by atoms with Gasteiger partial charge in [0.2, 0.25) is 0 Å². The molecule has 0 aliphatic rings. The van der Waals surface area contributed by atoms with Gasteiger partial charge in [-0.2, -0.15) is 0 Å². The van der Waals surface area contributed by atoms with Crippen molar-refractivity contribution in [2.75, 3.05) is 30.3 Å². The lowest BCUT2D eigenvalue weighted by molar-refractivity contribution is 0.262. The second kappa shape index (κ2) is 15.7. The Morgan fingerprint density at radius 2 is 1.54 bits per heavy atom. The summed E-state index contributed by atoms with van der Waals surface area (Å²) >= 11 is 0. The van der Waals surface area contributed by atoms with Gasteiger partial charge < -0.3 is 10.6 Å². The SMILES string of the molecule is CCN(CC)CC#Cc1cccc(-c2c(NC(=O)Nc3c(C(C)C)cccc3C(C)C)c(=O)n(CCC(C)C)c3ncccc23)c1. The van der Waals surface area contributed by atoms with E-state index < -0.39 is 6.03 Å². The molecule has 46 heavy (non-hydrogen) atoms. The van der Waals surface area contributed by atoms with E-state index in [1.807, 2.05) is 54.6 Å². The molecule has 0 atom stereocenters. The van der Waals surface area contributed by atoms with E-state index in [0.29, 0.717) is 30.2 Å². The van der Waals surface area contributed by atoms with Crippen LogP contribution in [0.3, 0.4) is 0 Å². The minimum atomic E-state index is -0.456. The average Bonchev–Trinajstić information content (AvgIpc) is 3.03. The summed E-state index contributed by atoms with van der Waals surface area (Å²) in [5.41, 5.74) is 5.70. The Morgan fingerprint density at radius 1 is 0.891 bits per heavy atom. The van der Waals surface area contributed by atoms with E-state index in [1.165, 1.54) is 0 Å². The summed E-state index contributed by atoms with van der Waals surface area (Å²) in [6.45, 7) is 20.0. The maximum Gasteiger partial charge on any atom is 0.323 e. The van der Waals surface area contributed by atoms with Gasteiger partial charge in [-0.1, -0.05) is 97.6 Å². The van der Waals surface area contributed by atoms with E-state index in [9.17, 15) is 9.59 Å². The first-order chi connectivity index (χ1) is 22.0. The van der Waals surface area contributed by atoms with Crippen LogP contribution in [0.4, 0.5) is 16.2 Å². The van der Waals surface area contributed by atoms with Crippen LogP contribution < -0.4 is 16.2 Å². The first kappa shape index (κ1) is 34.5. The van der Waals surface area contributed by atoms with Crippen molar-refractivity contribution in [1.29, 1.82) is 0 Å². The Labute approximate surface area is 274 Å². The molecule has 242 valence electrons. The molecule has 2 aromatic carbocycles. The maximum atomic E-state index is 14.4. The van der Waals surface area contributed by atoms with E-state index >= 15 is 0 Å². The quantitative estimate of drug-likeness (QED) is 0.165. The van der Waals surface area contributed by atoms with Crippen molar-refractivity contribution >= 4 is 28.4 Å². The molecular weight excluding hydrogens is 570 g/mol. The van der Waals surface area contributed by atoms with Crippen LogP contribution in [0, 0.1) is 17.8 Å². The number of urea groups is 1. The van der Waals surface area contributed by atoms with Crippen LogP contribution in [0.5, 0.6) is 0 Å². The Kier molecular flexibility index (Phi) is 11.8. The first-order valence-corrected chi connectivity index (χ1v) is 16.6. The van der Waals surface area contributed by atoms with Gasteiger partial charge in [-0.05, 0) is 78.2 Å². The van der Waals surface area contributed by atoms with E-state index in [4.69, 9.17) is 0 Å². The fraction of sp³-hybridized carbons (Fsp3) is 0.410. The summed E-state index contributed by atoms with van der Waals surface area (Å²) in [5, 5.41) is 6.94. The van der Waals surface area contributed by atoms with Crippen LogP contribution in [-0.2, 0) is 6.54 Å². The van der Waals surface area contributed by atoms with E-state index in [-0.39, 0.29) is 23.1 Å². The minimum absolute atomic E-state index is 0.204. The van der Waals surface area contributed by atoms with Gasteiger partial charge in [-0.3, -0.25) is 14.3 Å². The smallest absolute Gasteiger partial charge is 0.307 e. The predicted molar refractivity (Wildman–Crippen MR) is 193 cm³/mol. The highest BCUT2D eigenvalue weighted by molar-refractivity contribution is 6.07. The number of carbonyl (C=O) groups excluding carboxylic acids is 1. The van der Waals surface area contributed by atoms with Gasteiger partial charge in [0.05, 0.1) is 6.54 Å². The van der Waals surface area contributed by atoms with Crippen LogP contribution >= 0.6 is 0 Å². The number of anilines is 2. The molecule has 0 bridgehead atoms. The highest BCUT2D eigenvalue weighted by Crippen LogP contribution is 2.35. The molecule has 0 fully saturated rings. The van der Waals surface area contributed by atoms with Crippen molar-refractivity contribution in [2.24, 2.45) is 5.92 Å². The Balaban J connectivity index is 1.88. The van der Waals surface area contributed by atoms with Crippen LogP contribution in [-0.4, -0.2) is 40.1 Å². The lowest BCUT2D eigenvalue weighted by Crippen LogP contribution is -2.30. The Bertz CT molecular complexity index is 1760. The fourth-order valence-electron chi connectivity index (χ4n) is 5.70. The first-order valence-electron chi connectivity index (χ1n) is 16.6. The molecule has 4 aromatic rings. The van der Waals surface area contributed by atoms with Gasteiger partial charge in [0, 0.05) is 34.9 Å². The molecule has 7 nitrogen and oxygen atoms in total. The van der Waals surface area contributed by atoms with Crippen LogP contribution in [0.2, 0.25) is 0 Å². The highest BCUT2D eigenvalue weighted by Gasteiger charge is 2.23. The van der Waals surface area contributed by atoms with Crippen molar-refractivity contribution in [2.45, 2.75) is 80.2 Å². The van der Waals surface area contributed by atoms with Crippen molar-refractivity contribution in [3.8, 4) is 23.0 Å². The normalized spacial score (nSPS) is 11.4. The molecule has 0 aliphatic carbocycles. The number of carbonyl (C=O) groups is 1. The molecule has 0 saturated carbocycles. The van der Waals surface area contributed by atoms with Gasteiger partial charge >= 0.3 is 6.03 Å². The summed E-state index contributed by atoms with van der Waals surface area (Å²) in [6.07, 6.45) is 2.51. The number of benzene rings is 2. The summed E-state index contributed by atoms with van der Waals surface area (Å²) in [7, 11) is 0. The topological polar surface area (TPSA) is 79.3 Å². The van der Waals surface area contributed by atoms with Crippen LogP contribution in [0.15, 0.2) is 65.6 Å². The number of fused-ring (bicyclic) bond motifs is 1. The number of pyridine rings is 2. The number of para-hydroxylation sites is 1. The van der Waals surface area contributed by atoms with Crippen LogP contribution in [0.25, 0.3) is 22.2 Å². The number of amides is 2. The molecule has 2 N–H and O–H groups in total. The molecule has 2 amide bonds. The van der Waals surface area contributed by atoms with Gasteiger partial charge in [-0.25, -0.2) is 9.78 Å². The van der Waals surface area contributed by atoms with Gasteiger partial charge in [0.1, 0.15) is 11.3 Å². The maximum absolute atomic E-state index is 14.4. The molecule has 4 rings (SSSR count). The standard InChI is InChI=1S/C39H49N5O2/c1-9-43(10-2)23-14-16-29-15-11-17-30(25-29)34-33-20-13-22-40-37(33)44(24-21-26(3)4)38(45)36(34)42-39(46)41-35-31(27(5)6)18-12-19-32(35)28(7)8/h11-13,15,17-20,22,25-28H,9-10,21,23-24H2,1-8H3,(H2,41,42,46). The van der Waals surface area contributed by atoms with E-state index in [1.54, 1.807) is 10.8 Å². The number of hydrogen-bond acceptors (Lipinski definition) is 4. The van der Waals surface area contributed by atoms with Crippen LogP contribution in [0.1, 0.15) is 90.3 Å². The van der Waals surface area contributed by atoms with Gasteiger partial charge in [-0.15, -0.1) is 0 Å². The Hall–Kier alpha value is -4.41. The lowest BCUT2D eigenvalue weighted by atomic mass is 9.93. The zero-order chi connectivity index (χ0) is 33.4. The zero-order valence-electron chi connectivity index (χ0n) is 28.7. The third-order valence-electron chi connectivity index (χ3n) is 8.38. The number of rotatable bonds is 11. The fourth-order valence-corrected chi connectivity index (χ4v) is 5.70. The van der Waals surface area contributed by atoms with Crippen molar-refractivity contribution in [3.63, 3.8) is 0 Å². The van der Waals surface area contributed by atoms with Crippen molar-refractivity contribution in [1.82, 2.24) is 14.5 Å². The number of aryl methyl sites for hydroxylation is 1. The second-order valence-corrected chi connectivity index (χ2v) is 12.8. The second-order valence-electron chi connectivity index (χ2n) is 12.8. The summed E-state index contributed by atoms with van der Waals surface area (Å²) in [4.78, 5) is 35.2. The molecule has 0 saturated heterocycles. The third kappa shape index (κ3) is 8.05. The lowest BCUT2D eigenvalue weighted by Gasteiger charge is -2.22. The third-order valence-corrected chi connectivity index (χ3v) is 8.38. The molecule has 0 unspecified atom stereocenters. The van der Waals surface area contributed by atoms with E-state index in [2.05, 4.69) is 87.7 Å². The minimum Gasteiger partial charge on any atom is -0.307 e. The number of aromatic nitrogens is 2. The van der Waals surface area contributed by atoms with Crippen molar-refractivity contribution in [3.05, 3.63) is 87.8 Å². The van der Waals surface area contributed by atoms with Crippen molar-refractivity contribution < 1.29 is 4.79 Å². The number of hydrogen-bond donors (Lipinski definition) is 2. The highest BCUT2D eigenvalue weighted by atomic mass is 16.2. The summed E-state index contributed by atoms with van der Waals surface area (Å²) < 4.78 is 1.70. The monoisotopic (exact) mass is 619 g/mol. The number of nitrogens with one attached hydrogen (secondary N) is 2. The Morgan fingerprint density at radius 3 is 2.17 bits per heavy atom. The average molecular weight is 620 g/mol. The molecule has 2 aromatic heterocycles. The molecule has 7 heteroatoms. The molecule has 0 aliphatic heterocycles. The molecule has 0 spiro atoms. The molecule has 2 heterocycles. The van der Waals surface area contributed by atoms with Gasteiger partial charge in [0.15, 0.2) is 0 Å². The zero-order valence-corrected chi connectivity index (χ0v) is 28.7. The summed E-state index contributed by atoms with van der Waals surface area (Å²) in [5.74, 6) is 7.38. The molecule has 0 radical (unpaired) electrons. The largest absolute Gasteiger partial charge is 0.323 e. The summed E-state index contributed by atoms with van der Waals surface area (Å²) in [6, 6.07) is 17.4. The van der Waals surface area contributed by atoms with E-state index in [0.717, 1.165) is 52.8 Å². The molecular formula is C39H49N5O2. The number of nitrogens with zero attached hydrogens (tertiary/aromatic N) is 3. The van der Waals surface area contributed by atoms with Gasteiger partial charge in [0.25, 0.3) is 5.56 Å².